The maximum atomic E-state index is 12.4. The number of amides is 1. The molecule has 2 aromatic carbocycles. The zero-order valence-corrected chi connectivity index (χ0v) is 19.4. The van der Waals surface area contributed by atoms with Crippen molar-refractivity contribution in [3.05, 3.63) is 58.7 Å². The van der Waals surface area contributed by atoms with E-state index in [1.54, 1.807) is 7.11 Å². The van der Waals surface area contributed by atoms with Crippen molar-refractivity contribution in [2.75, 3.05) is 45.3 Å². The van der Waals surface area contributed by atoms with Crippen LogP contribution in [0.25, 0.3) is 10.9 Å². The quantitative estimate of drug-likeness (QED) is 0.516. The van der Waals surface area contributed by atoms with Gasteiger partial charge >= 0.3 is 0 Å². The molecule has 7 heteroatoms. The average molecular weight is 486 g/mol. The van der Waals surface area contributed by atoms with Gasteiger partial charge in [0.05, 0.1) is 24.8 Å². The summed E-state index contributed by atoms with van der Waals surface area (Å²) >= 11 is 3.49. The van der Waals surface area contributed by atoms with Crippen molar-refractivity contribution in [1.82, 2.24) is 9.47 Å². The van der Waals surface area contributed by atoms with Crippen LogP contribution in [-0.4, -0.2) is 55.3 Å². The minimum Gasteiger partial charge on any atom is -0.496 e. The second kappa shape index (κ2) is 10.3. The Balaban J connectivity index is 1.32. The van der Waals surface area contributed by atoms with Crippen molar-refractivity contribution in [3.8, 4) is 5.75 Å². The van der Waals surface area contributed by atoms with E-state index < -0.39 is 0 Å². The summed E-state index contributed by atoms with van der Waals surface area (Å²) in [7, 11) is 1.64. The first-order valence-electron chi connectivity index (χ1n) is 10.6. The number of fused-ring (bicyclic) bond motifs is 1. The molecule has 3 aromatic rings. The molecule has 164 valence electrons. The summed E-state index contributed by atoms with van der Waals surface area (Å²) in [4.78, 5) is 14.9. The Kier molecular flexibility index (Phi) is 7.27. The maximum absolute atomic E-state index is 12.4. The fraction of sp³-hybridized carbons (Fsp3) is 0.375. The minimum atomic E-state index is 0.0121. The molecule has 0 unspecified atom stereocenters. The van der Waals surface area contributed by atoms with Gasteiger partial charge in [-0.05, 0) is 64.3 Å². The lowest BCUT2D eigenvalue weighted by atomic mass is 10.1. The average Bonchev–Trinajstić information content (AvgIpc) is 3.19. The minimum absolute atomic E-state index is 0.0121. The second-order valence-corrected chi connectivity index (χ2v) is 8.61. The van der Waals surface area contributed by atoms with Crippen LogP contribution in [0.4, 0.5) is 5.69 Å². The highest BCUT2D eigenvalue weighted by Gasteiger charge is 2.11. The number of nitrogens with zero attached hydrogens (tertiary/aromatic N) is 2. The van der Waals surface area contributed by atoms with Gasteiger partial charge in [0, 0.05) is 55.4 Å². The van der Waals surface area contributed by atoms with Crippen molar-refractivity contribution in [1.29, 1.82) is 0 Å². The van der Waals surface area contributed by atoms with E-state index >= 15 is 0 Å². The van der Waals surface area contributed by atoms with Crippen LogP contribution in [0.2, 0.25) is 0 Å². The predicted octanol–water partition coefficient (Wildman–Crippen LogP) is 4.32. The Hall–Kier alpha value is -2.35. The van der Waals surface area contributed by atoms with Crippen molar-refractivity contribution in [2.24, 2.45) is 0 Å². The van der Waals surface area contributed by atoms with E-state index in [4.69, 9.17) is 9.47 Å². The maximum Gasteiger partial charge on any atom is 0.224 e. The second-order valence-electron chi connectivity index (χ2n) is 7.75. The van der Waals surface area contributed by atoms with E-state index in [9.17, 15) is 4.79 Å². The molecule has 0 atom stereocenters. The van der Waals surface area contributed by atoms with E-state index in [0.29, 0.717) is 12.8 Å². The van der Waals surface area contributed by atoms with Crippen molar-refractivity contribution < 1.29 is 14.3 Å². The lowest BCUT2D eigenvalue weighted by molar-refractivity contribution is -0.116. The third kappa shape index (κ3) is 5.67. The number of hydrogen-bond donors (Lipinski definition) is 1. The molecule has 31 heavy (non-hydrogen) atoms. The number of nitrogens with one attached hydrogen (secondary N) is 1. The SMILES string of the molecule is COc1ccc(CCC(=O)Nc2ccc3c(ccn3CCN3CCOCC3)c2)cc1Br. The topological polar surface area (TPSA) is 55.7 Å². The Morgan fingerprint density at radius 1 is 1.13 bits per heavy atom. The summed E-state index contributed by atoms with van der Waals surface area (Å²) in [6.07, 6.45) is 3.23. The fourth-order valence-electron chi connectivity index (χ4n) is 3.89. The molecule has 0 aliphatic carbocycles. The number of morpholine rings is 1. The van der Waals surface area contributed by atoms with Crippen LogP contribution >= 0.6 is 15.9 Å². The molecule has 0 radical (unpaired) electrons. The number of halogens is 1. The molecule has 1 aromatic heterocycles. The molecule has 0 saturated carbocycles. The molecule has 1 aliphatic heterocycles. The number of rotatable bonds is 8. The first-order valence-corrected chi connectivity index (χ1v) is 11.4. The van der Waals surface area contributed by atoms with Crippen molar-refractivity contribution in [2.45, 2.75) is 19.4 Å². The molecule has 1 N–H and O–H groups in total. The molecule has 1 saturated heterocycles. The summed E-state index contributed by atoms with van der Waals surface area (Å²) in [6.45, 7) is 5.63. The Bertz CT molecular complexity index is 1040. The Morgan fingerprint density at radius 2 is 1.97 bits per heavy atom. The van der Waals surface area contributed by atoms with Crippen LogP contribution in [0.5, 0.6) is 5.75 Å². The molecule has 1 fully saturated rings. The monoisotopic (exact) mass is 485 g/mol. The highest BCUT2D eigenvalue weighted by atomic mass is 79.9. The highest BCUT2D eigenvalue weighted by molar-refractivity contribution is 9.10. The van der Waals surface area contributed by atoms with Crippen LogP contribution < -0.4 is 10.1 Å². The van der Waals surface area contributed by atoms with Gasteiger partial charge in [0.25, 0.3) is 0 Å². The Morgan fingerprint density at radius 3 is 2.74 bits per heavy atom. The fourth-order valence-corrected chi connectivity index (χ4v) is 4.48. The highest BCUT2D eigenvalue weighted by Crippen LogP contribution is 2.26. The zero-order chi connectivity index (χ0) is 21.6. The third-order valence-corrected chi connectivity index (χ3v) is 6.29. The molecule has 0 bridgehead atoms. The van der Waals surface area contributed by atoms with Crippen LogP contribution in [0, 0.1) is 0 Å². The first kappa shape index (κ1) is 21.9. The summed E-state index contributed by atoms with van der Waals surface area (Å²) in [5.74, 6) is 0.802. The number of ether oxygens (including phenoxy) is 2. The summed E-state index contributed by atoms with van der Waals surface area (Å²) in [5.41, 5.74) is 3.12. The number of benzene rings is 2. The van der Waals surface area contributed by atoms with Gasteiger partial charge in [-0.25, -0.2) is 0 Å². The summed E-state index contributed by atoms with van der Waals surface area (Å²) in [6, 6.07) is 14.1. The van der Waals surface area contributed by atoms with Crippen LogP contribution in [0.15, 0.2) is 53.1 Å². The van der Waals surface area contributed by atoms with Gasteiger partial charge in [-0.3, -0.25) is 9.69 Å². The molecular weight excluding hydrogens is 458 g/mol. The van der Waals surface area contributed by atoms with Gasteiger partial charge in [-0.15, -0.1) is 0 Å². The molecular formula is C24H28BrN3O3. The van der Waals surface area contributed by atoms with Gasteiger partial charge in [-0.2, -0.15) is 0 Å². The van der Waals surface area contributed by atoms with E-state index in [1.807, 2.05) is 30.3 Å². The van der Waals surface area contributed by atoms with Crippen LogP contribution in [-0.2, 0) is 22.5 Å². The lowest BCUT2D eigenvalue weighted by Crippen LogP contribution is -2.38. The molecule has 1 aliphatic rings. The normalized spacial score (nSPS) is 14.6. The van der Waals surface area contributed by atoms with E-state index in [-0.39, 0.29) is 5.91 Å². The molecule has 2 heterocycles. The van der Waals surface area contributed by atoms with Crippen LogP contribution in [0.3, 0.4) is 0 Å². The molecule has 1 amide bonds. The van der Waals surface area contributed by atoms with Gasteiger partial charge in [0.15, 0.2) is 0 Å². The smallest absolute Gasteiger partial charge is 0.224 e. The number of carbonyl (C=O) groups is 1. The Labute approximate surface area is 191 Å². The number of anilines is 1. The largest absolute Gasteiger partial charge is 0.496 e. The van der Waals surface area contributed by atoms with E-state index in [2.05, 4.69) is 49.0 Å². The standard InChI is InChI=1S/C24H28BrN3O3/c1-30-23-6-2-18(16-21(23)25)3-7-24(29)26-20-4-5-22-19(17-20)8-9-28(22)11-10-27-12-14-31-15-13-27/h2,4-6,8-9,16-17H,3,7,10-15H2,1H3,(H,26,29). The predicted molar refractivity (Wildman–Crippen MR) is 127 cm³/mol. The van der Waals surface area contributed by atoms with Gasteiger partial charge in [0.2, 0.25) is 5.91 Å². The molecule has 6 nitrogen and oxygen atoms in total. The zero-order valence-electron chi connectivity index (χ0n) is 17.8. The van der Waals surface area contributed by atoms with Gasteiger partial charge < -0.3 is 19.4 Å². The number of methoxy groups -OCH3 is 1. The molecule has 4 rings (SSSR count). The van der Waals surface area contributed by atoms with Crippen molar-refractivity contribution in [3.63, 3.8) is 0 Å². The van der Waals surface area contributed by atoms with Gasteiger partial charge in [-0.1, -0.05) is 6.07 Å². The van der Waals surface area contributed by atoms with E-state index in [1.165, 1.54) is 5.52 Å². The number of aryl methyl sites for hydroxylation is 1. The third-order valence-electron chi connectivity index (χ3n) is 5.67. The van der Waals surface area contributed by atoms with Gasteiger partial charge in [0.1, 0.15) is 5.75 Å². The van der Waals surface area contributed by atoms with Crippen molar-refractivity contribution >= 4 is 38.4 Å². The lowest BCUT2D eigenvalue weighted by Gasteiger charge is -2.26. The number of aromatic nitrogens is 1. The summed E-state index contributed by atoms with van der Waals surface area (Å²) in [5, 5.41) is 4.17. The number of carbonyl (C=O) groups excluding carboxylic acids is 1. The molecule has 0 spiro atoms. The first-order chi connectivity index (χ1) is 15.1. The summed E-state index contributed by atoms with van der Waals surface area (Å²) < 4.78 is 13.8. The van der Waals surface area contributed by atoms with E-state index in [0.717, 1.165) is 66.3 Å². The number of hydrogen-bond acceptors (Lipinski definition) is 4. The van der Waals surface area contributed by atoms with Crippen LogP contribution in [0.1, 0.15) is 12.0 Å².